The van der Waals surface area contributed by atoms with Crippen LogP contribution >= 0.6 is 15.9 Å². The molecule has 6 nitrogen and oxygen atoms in total. The molecule has 0 radical (unpaired) electrons. The van der Waals surface area contributed by atoms with Gasteiger partial charge in [0.05, 0.1) is 10.9 Å². The third kappa shape index (κ3) is 5.63. The summed E-state index contributed by atoms with van der Waals surface area (Å²) in [4.78, 5) is 25.6. The van der Waals surface area contributed by atoms with E-state index in [4.69, 9.17) is 4.74 Å². The Morgan fingerprint density at radius 1 is 1.33 bits per heavy atom. The first kappa shape index (κ1) is 18.4. The van der Waals surface area contributed by atoms with E-state index in [1.54, 1.807) is 13.0 Å². The van der Waals surface area contributed by atoms with Gasteiger partial charge in [-0.1, -0.05) is 6.07 Å². The maximum absolute atomic E-state index is 12.0. The highest BCUT2D eigenvalue weighted by molar-refractivity contribution is 9.10. The van der Waals surface area contributed by atoms with Crippen LogP contribution in [-0.2, 0) is 9.59 Å². The second kappa shape index (κ2) is 8.82. The summed E-state index contributed by atoms with van der Waals surface area (Å²) in [5.41, 5.74) is 4.10. The van der Waals surface area contributed by atoms with E-state index in [0.29, 0.717) is 11.5 Å². The molecule has 0 spiro atoms. The first-order valence-corrected chi connectivity index (χ1v) is 8.73. The van der Waals surface area contributed by atoms with Crippen LogP contribution in [0.25, 0.3) is 0 Å². The molecule has 0 unspecified atom stereocenters. The van der Waals surface area contributed by atoms with E-state index in [1.165, 1.54) is 0 Å². The molecule has 1 aromatic rings. The Labute approximate surface area is 150 Å². The number of hydrazone groups is 1. The smallest absolute Gasteiger partial charge is 0.277 e. The number of nitrogens with one attached hydrogen (secondary N) is 1. The molecule has 1 fully saturated rings. The Bertz CT molecular complexity index is 640. The lowest BCUT2D eigenvalue weighted by atomic mass is 10.2. The maximum Gasteiger partial charge on any atom is 0.277 e. The molecular weight excluding hydrogens is 374 g/mol. The number of carbonyl (C=O) groups is 2. The molecule has 1 heterocycles. The highest BCUT2D eigenvalue weighted by Crippen LogP contribution is 2.25. The summed E-state index contributed by atoms with van der Waals surface area (Å²) in [5.74, 6) is 0.291. The van der Waals surface area contributed by atoms with Crippen molar-refractivity contribution in [3.8, 4) is 5.75 Å². The van der Waals surface area contributed by atoms with Gasteiger partial charge in [0.25, 0.3) is 5.91 Å². The van der Waals surface area contributed by atoms with Gasteiger partial charge in [0, 0.05) is 18.8 Å². The van der Waals surface area contributed by atoms with Crippen LogP contribution in [0.15, 0.2) is 27.8 Å². The van der Waals surface area contributed by atoms with Gasteiger partial charge in [0.2, 0.25) is 5.91 Å². The number of aryl methyl sites for hydroxylation is 1. The van der Waals surface area contributed by atoms with Crippen molar-refractivity contribution in [1.82, 2.24) is 10.3 Å². The van der Waals surface area contributed by atoms with E-state index in [1.807, 2.05) is 24.0 Å². The molecule has 1 aromatic carbocycles. The predicted octanol–water partition coefficient (Wildman–Crippen LogP) is 2.64. The van der Waals surface area contributed by atoms with Gasteiger partial charge in [-0.3, -0.25) is 9.59 Å². The Morgan fingerprint density at radius 2 is 2.04 bits per heavy atom. The van der Waals surface area contributed by atoms with Crippen molar-refractivity contribution in [2.24, 2.45) is 5.10 Å². The molecule has 0 atom stereocenters. The number of rotatable bonds is 6. The lowest BCUT2D eigenvalue weighted by molar-refractivity contribution is -0.129. The van der Waals surface area contributed by atoms with Gasteiger partial charge in [0.15, 0.2) is 6.61 Å². The third-order valence-corrected chi connectivity index (χ3v) is 4.30. The maximum atomic E-state index is 12.0. The van der Waals surface area contributed by atoms with Crippen LogP contribution in [0.2, 0.25) is 0 Å². The van der Waals surface area contributed by atoms with Crippen LogP contribution < -0.4 is 10.2 Å². The zero-order chi connectivity index (χ0) is 17.5. The molecule has 0 aromatic heterocycles. The summed E-state index contributed by atoms with van der Waals surface area (Å²) < 4.78 is 6.24. The molecule has 0 saturated carbocycles. The van der Waals surface area contributed by atoms with E-state index < -0.39 is 0 Å². The number of nitrogens with zero attached hydrogens (tertiary/aromatic N) is 2. The second-order valence-electron chi connectivity index (χ2n) is 5.87. The Balaban J connectivity index is 1.76. The molecule has 2 amide bonds. The van der Waals surface area contributed by atoms with Gasteiger partial charge in [-0.15, -0.1) is 0 Å². The molecule has 1 saturated heterocycles. The largest absolute Gasteiger partial charge is 0.483 e. The quantitative estimate of drug-likeness (QED) is 0.594. The van der Waals surface area contributed by atoms with Crippen LogP contribution in [0, 0.1) is 6.92 Å². The van der Waals surface area contributed by atoms with Gasteiger partial charge in [-0.2, -0.15) is 5.10 Å². The molecule has 24 heavy (non-hydrogen) atoms. The molecule has 1 aliphatic rings. The van der Waals surface area contributed by atoms with Gasteiger partial charge in [-0.25, -0.2) is 5.43 Å². The number of amides is 2. The molecular formula is C17H22BrN3O3. The fraction of sp³-hybridized carbons (Fsp3) is 0.471. The van der Waals surface area contributed by atoms with Gasteiger partial charge in [0.1, 0.15) is 5.75 Å². The van der Waals surface area contributed by atoms with Crippen molar-refractivity contribution < 1.29 is 14.3 Å². The number of hydrogen-bond donors (Lipinski definition) is 1. The summed E-state index contributed by atoms with van der Waals surface area (Å²) in [6, 6.07) is 5.62. The fourth-order valence-corrected chi connectivity index (χ4v) is 3.00. The average Bonchev–Trinajstić information content (AvgIpc) is 3.06. The van der Waals surface area contributed by atoms with E-state index in [9.17, 15) is 9.59 Å². The molecule has 0 bridgehead atoms. The number of benzene rings is 1. The van der Waals surface area contributed by atoms with Gasteiger partial charge < -0.3 is 9.64 Å². The van der Waals surface area contributed by atoms with Crippen molar-refractivity contribution in [3.05, 3.63) is 28.2 Å². The van der Waals surface area contributed by atoms with Gasteiger partial charge in [-0.05, 0) is 60.3 Å². The number of halogens is 1. The van der Waals surface area contributed by atoms with Crippen molar-refractivity contribution >= 4 is 33.5 Å². The number of ether oxygens (including phenoxy) is 1. The topological polar surface area (TPSA) is 71.0 Å². The number of hydrogen-bond acceptors (Lipinski definition) is 4. The minimum Gasteiger partial charge on any atom is -0.483 e. The molecule has 130 valence electrons. The van der Waals surface area contributed by atoms with E-state index in [2.05, 4.69) is 26.5 Å². The van der Waals surface area contributed by atoms with E-state index >= 15 is 0 Å². The minimum atomic E-state index is -0.365. The molecule has 1 N–H and O–H groups in total. The molecule has 7 heteroatoms. The Hall–Kier alpha value is -1.89. The second-order valence-corrected chi connectivity index (χ2v) is 6.72. The zero-order valence-corrected chi connectivity index (χ0v) is 15.6. The standard InChI is InChI=1S/C17H22BrN3O3/c1-12-5-6-15(14(18)9-12)24-11-16(22)20-19-13(2)10-17(23)21-7-3-4-8-21/h5-6,9H,3-4,7-8,10-11H2,1-2H3,(H,20,22)/b19-13+. The van der Waals surface area contributed by atoms with Crippen LogP contribution in [0.4, 0.5) is 0 Å². The summed E-state index contributed by atoms with van der Waals surface area (Å²) in [7, 11) is 0. The summed E-state index contributed by atoms with van der Waals surface area (Å²) in [5, 5.41) is 3.96. The third-order valence-electron chi connectivity index (χ3n) is 3.68. The summed E-state index contributed by atoms with van der Waals surface area (Å²) >= 11 is 3.39. The normalized spacial score (nSPS) is 14.6. The van der Waals surface area contributed by atoms with Crippen molar-refractivity contribution in [3.63, 3.8) is 0 Å². The van der Waals surface area contributed by atoms with E-state index in [0.717, 1.165) is 36.0 Å². The SMILES string of the molecule is C/C(CC(=O)N1CCCC1)=N\NC(=O)COc1ccc(C)cc1Br. The van der Waals surface area contributed by atoms with Crippen LogP contribution in [-0.4, -0.2) is 42.1 Å². The first-order valence-electron chi connectivity index (χ1n) is 7.94. The lowest BCUT2D eigenvalue weighted by Gasteiger charge is -2.14. The average molecular weight is 396 g/mol. The molecule has 2 rings (SSSR count). The summed E-state index contributed by atoms with van der Waals surface area (Å²) in [6.45, 7) is 5.20. The monoisotopic (exact) mass is 395 g/mol. The number of likely N-dealkylation sites (tertiary alicyclic amines) is 1. The van der Waals surface area contributed by atoms with E-state index in [-0.39, 0.29) is 24.8 Å². The Kier molecular flexibility index (Phi) is 6.78. The van der Waals surface area contributed by atoms with Crippen molar-refractivity contribution in [1.29, 1.82) is 0 Å². The number of carbonyl (C=O) groups excluding carboxylic acids is 2. The minimum absolute atomic E-state index is 0.0582. The first-order chi connectivity index (χ1) is 11.5. The predicted molar refractivity (Wildman–Crippen MR) is 96.1 cm³/mol. The molecule has 0 aliphatic carbocycles. The Morgan fingerprint density at radius 3 is 2.71 bits per heavy atom. The van der Waals surface area contributed by atoms with Crippen molar-refractivity contribution in [2.45, 2.75) is 33.1 Å². The zero-order valence-electron chi connectivity index (χ0n) is 14.0. The lowest BCUT2D eigenvalue weighted by Crippen LogP contribution is -2.30. The molecule has 1 aliphatic heterocycles. The highest BCUT2D eigenvalue weighted by Gasteiger charge is 2.18. The van der Waals surface area contributed by atoms with Crippen LogP contribution in [0.3, 0.4) is 0 Å². The van der Waals surface area contributed by atoms with Gasteiger partial charge >= 0.3 is 0 Å². The summed E-state index contributed by atoms with van der Waals surface area (Å²) in [6.07, 6.45) is 2.35. The highest BCUT2D eigenvalue weighted by atomic mass is 79.9. The van der Waals surface area contributed by atoms with Crippen molar-refractivity contribution in [2.75, 3.05) is 19.7 Å². The van der Waals surface area contributed by atoms with Crippen LogP contribution in [0.1, 0.15) is 31.7 Å². The fourth-order valence-electron chi connectivity index (χ4n) is 2.39. The van der Waals surface area contributed by atoms with Crippen LogP contribution in [0.5, 0.6) is 5.75 Å².